The van der Waals surface area contributed by atoms with Crippen molar-refractivity contribution in [1.82, 2.24) is 15.1 Å². The fourth-order valence-electron chi connectivity index (χ4n) is 5.38. The maximum Gasteiger partial charge on any atom is 0.326 e. The van der Waals surface area contributed by atoms with Gasteiger partial charge in [-0.3, -0.25) is 19.1 Å². The molecule has 3 aromatic carbocycles. The maximum atomic E-state index is 13.5. The summed E-state index contributed by atoms with van der Waals surface area (Å²) < 4.78 is 7.63. The Balaban J connectivity index is 1.26. The summed E-state index contributed by atoms with van der Waals surface area (Å²) in [5.74, 6) is -1.81. The fourth-order valence-corrected chi connectivity index (χ4v) is 6.69. The van der Waals surface area contributed by atoms with Crippen LogP contribution in [-0.2, 0) is 20.9 Å². The van der Waals surface area contributed by atoms with Crippen molar-refractivity contribution >= 4 is 52.8 Å². The zero-order chi connectivity index (χ0) is 34.2. The van der Waals surface area contributed by atoms with Gasteiger partial charge in [0.15, 0.2) is 0 Å². The molecule has 4 aromatic rings. The first-order valence-corrected chi connectivity index (χ1v) is 16.8. The molecule has 5 rings (SSSR count). The molecule has 0 fully saturated rings. The number of carboxylic acids is 2. The molecule has 1 aliphatic rings. The summed E-state index contributed by atoms with van der Waals surface area (Å²) in [6.45, 7) is 3.27. The quantitative estimate of drug-likeness (QED) is 0.146. The number of aliphatic carboxylic acids is 2. The van der Waals surface area contributed by atoms with Crippen molar-refractivity contribution in [3.63, 3.8) is 0 Å². The van der Waals surface area contributed by atoms with E-state index in [-0.39, 0.29) is 11.5 Å². The van der Waals surface area contributed by atoms with Gasteiger partial charge in [-0.05, 0) is 61.4 Å². The molecule has 0 aliphatic carbocycles. The highest BCUT2D eigenvalue weighted by molar-refractivity contribution is 7.99. The van der Waals surface area contributed by atoms with Crippen LogP contribution >= 0.6 is 23.4 Å². The van der Waals surface area contributed by atoms with Gasteiger partial charge in [-0.25, -0.2) is 4.79 Å². The van der Waals surface area contributed by atoms with E-state index in [4.69, 9.17) is 21.4 Å². The van der Waals surface area contributed by atoms with E-state index in [0.717, 1.165) is 50.8 Å². The lowest BCUT2D eigenvalue weighted by molar-refractivity contribution is -0.145. The highest BCUT2D eigenvalue weighted by Crippen LogP contribution is 2.41. The molecule has 1 aliphatic heterocycles. The van der Waals surface area contributed by atoms with Gasteiger partial charge in [0.05, 0.1) is 31.5 Å². The molecule has 0 unspecified atom stereocenters. The molecule has 3 N–H and O–H groups in total. The smallest absolute Gasteiger partial charge is 0.326 e. The number of ether oxygens (including phenoxy) is 1. The Morgan fingerprint density at radius 3 is 2.67 bits per heavy atom. The van der Waals surface area contributed by atoms with Crippen molar-refractivity contribution in [1.29, 1.82) is 0 Å². The van der Waals surface area contributed by atoms with Crippen LogP contribution in [0.1, 0.15) is 47.2 Å². The average Bonchev–Trinajstić information content (AvgIpc) is 3.41. The van der Waals surface area contributed by atoms with Crippen molar-refractivity contribution < 1.29 is 34.1 Å². The highest BCUT2D eigenvalue weighted by Gasteiger charge is 2.25. The predicted octanol–water partition coefficient (Wildman–Crippen LogP) is 5.91. The fraction of sp³-hybridized carbons (Fsp3) is 0.286. The van der Waals surface area contributed by atoms with Gasteiger partial charge in [-0.15, -0.1) is 11.8 Å². The number of thioether (sulfide) groups is 1. The van der Waals surface area contributed by atoms with E-state index in [0.29, 0.717) is 37.6 Å². The van der Waals surface area contributed by atoms with Crippen LogP contribution < -0.4 is 15.0 Å². The van der Waals surface area contributed by atoms with Crippen LogP contribution in [0, 0.1) is 6.92 Å². The van der Waals surface area contributed by atoms with E-state index in [1.165, 1.54) is 6.07 Å². The Labute approximate surface area is 286 Å². The number of anilines is 1. The zero-order valence-corrected chi connectivity index (χ0v) is 27.8. The van der Waals surface area contributed by atoms with Crippen molar-refractivity contribution in [2.75, 3.05) is 23.8 Å². The third-order valence-electron chi connectivity index (χ3n) is 7.83. The summed E-state index contributed by atoms with van der Waals surface area (Å²) in [5, 5.41) is 25.7. The molecule has 11 nitrogen and oxygen atoms in total. The molecule has 250 valence electrons. The average molecular weight is 691 g/mol. The number of carbonyl (C=O) groups excluding carboxylic acids is 2. The zero-order valence-electron chi connectivity index (χ0n) is 26.2. The first kappa shape index (κ1) is 34.5. The van der Waals surface area contributed by atoms with Crippen LogP contribution in [0.2, 0.25) is 5.02 Å². The van der Waals surface area contributed by atoms with Gasteiger partial charge in [0.25, 0.3) is 5.91 Å². The summed E-state index contributed by atoms with van der Waals surface area (Å²) in [6, 6.07) is 16.6. The summed E-state index contributed by atoms with van der Waals surface area (Å²) in [5.41, 5.74) is 4.55. The molecule has 48 heavy (non-hydrogen) atoms. The van der Waals surface area contributed by atoms with Gasteiger partial charge in [0, 0.05) is 51.3 Å². The molecule has 0 saturated carbocycles. The van der Waals surface area contributed by atoms with Gasteiger partial charge in [-0.1, -0.05) is 41.9 Å². The summed E-state index contributed by atoms with van der Waals surface area (Å²) in [6.07, 6.45) is 4.71. The second-order valence-electron chi connectivity index (χ2n) is 11.3. The lowest BCUT2D eigenvalue weighted by Gasteiger charge is -2.23. The molecule has 0 bridgehead atoms. The second kappa shape index (κ2) is 15.9. The lowest BCUT2D eigenvalue weighted by Crippen LogP contribution is -2.42. The van der Waals surface area contributed by atoms with Crippen LogP contribution in [0.25, 0.3) is 11.1 Å². The molecule has 0 saturated heterocycles. The molecule has 13 heteroatoms. The number of fused-ring (bicyclic) bond motifs is 1. The van der Waals surface area contributed by atoms with E-state index < -0.39 is 30.3 Å². The first-order valence-electron chi connectivity index (χ1n) is 15.4. The Bertz CT molecular complexity index is 1830. The minimum absolute atomic E-state index is 0.0413. The lowest BCUT2D eigenvalue weighted by atomic mass is 10.1. The van der Waals surface area contributed by atoms with E-state index >= 15 is 0 Å². The Kier molecular flexibility index (Phi) is 11.4. The van der Waals surface area contributed by atoms with Crippen molar-refractivity contribution in [3.05, 3.63) is 94.8 Å². The van der Waals surface area contributed by atoms with Gasteiger partial charge in [-0.2, -0.15) is 5.10 Å². The van der Waals surface area contributed by atoms with Gasteiger partial charge >= 0.3 is 11.9 Å². The summed E-state index contributed by atoms with van der Waals surface area (Å²) in [4.78, 5) is 51.4. The van der Waals surface area contributed by atoms with Gasteiger partial charge in [0.1, 0.15) is 11.8 Å². The number of nitrogens with one attached hydrogen (secondary N) is 1. The number of benzene rings is 3. The van der Waals surface area contributed by atoms with Crippen molar-refractivity contribution in [3.8, 4) is 16.9 Å². The minimum Gasteiger partial charge on any atom is -0.493 e. The van der Waals surface area contributed by atoms with Gasteiger partial charge in [0.2, 0.25) is 5.91 Å². The molecule has 2 heterocycles. The summed E-state index contributed by atoms with van der Waals surface area (Å²) >= 11 is 7.91. The number of hydrogen-bond acceptors (Lipinski definition) is 7. The first-order chi connectivity index (χ1) is 23.1. The molecular weight excluding hydrogens is 656 g/mol. The highest BCUT2D eigenvalue weighted by atomic mass is 35.5. The van der Waals surface area contributed by atoms with Crippen molar-refractivity contribution in [2.24, 2.45) is 0 Å². The minimum atomic E-state index is -1.55. The number of carbonyl (C=O) groups is 4. The number of hydrogen-bond donors (Lipinski definition) is 3. The molecule has 1 atom stereocenters. The monoisotopic (exact) mass is 690 g/mol. The number of nitrogens with zero attached hydrogens (tertiary/aromatic N) is 3. The van der Waals surface area contributed by atoms with Gasteiger partial charge < -0.3 is 25.2 Å². The largest absolute Gasteiger partial charge is 0.493 e. The van der Waals surface area contributed by atoms with E-state index in [2.05, 4.69) is 10.4 Å². The van der Waals surface area contributed by atoms with E-state index in [9.17, 15) is 24.3 Å². The maximum absolute atomic E-state index is 13.5. The van der Waals surface area contributed by atoms with Crippen LogP contribution in [0.5, 0.6) is 5.75 Å². The second-order valence-corrected chi connectivity index (χ2v) is 12.8. The predicted molar refractivity (Wildman–Crippen MR) is 183 cm³/mol. The number of rotatable bonds is 13. The van der Waals surface area contributed by atoms with E-state index in [1.807, 2.05) is 60.5 Å². The molecular formula is C35H35ClN4O7S. The molecule has 1 aromatic heterocycles. The number of carboxylic acid groups (broad SMARTS) is 2. The standard InChI is InChI=1S/C35H35ClN4O7S/c1-22-27(36)10-4-12-30(22)47-15-5-13-31(41)40-14-6-16-48-33-26(9-3-11-29(33)40)25-19-37-39(21-25)20-23-7-2-8-24(17-23)34(44)38-28(35(45)46)18-32(42)43/h2-4,7-12,17,19,21,28H,5-6,13-16,18,20H2,1H3,(H,38,44)(H,42,43)(H,45,46)/t28-/m0/s1. The Morgan fingerprint density at radius 2 is 1.88 bits per heavy atom. The topological polar surface area (TPSA) is 151 Å². The molecule has 0 spiro atoms. The van der Waals surface area contributed by atoms with Crippen LogP contribution in [-0.4, -0.2) is 68.7 Å². The number of aromatic nitrogens is 2. The van der Waals surface area contributed by atoms with Crippen LogP contribution in [0.3, 0.4) is 0 Å². The SMILES string of the molecule is Cc1c(Cl)cccc1OCCCC(=O)N1CCCSc2c(-c3cnn(Cc4cccc(C(=O)N[C@@H](CC(=O)O)C(=O)O)c4)c3)cccc21. The summed E-state index contributed by atoms with van der Waals surface area (Å²) in [7, 11) is 0. The third kappa shape index (κ3) is 8.55. The Hall–Kier alpha value is -4.81. The number of halogens is 1. The van der Waals surface area contributed by atoms with E-state index in [1.54, 1.807) is 34.8 Å². The normalized spacial score (nSPS) is 13.2. The molecule has 2 amide bonds. The van der Waals surface area contributed by atoms with Crippen LogP contribution in [0.15, 0.2) is 78.0 Å². The van der Waals surface area contributed by atoms with Crippen molar-refractivity contribution in [2.45, 2.75) is 50.1 Å². The van der Waals surface area contributed by atoms with Crippen LogP contribution in [0.4, 0.5) is 5.69 Å². The Morgan fingerprint density at radius 1 is 1.08 bits per heavy atom. The number of amides is 2. The molecule has 0 radical (unpaired) electrons. The third-order valence-corrected chi connectivity index (χ3v) is 9.45.